The maximum atomic E-state index is 12.6. The first kappa shape index (κ1) is 19.3. The maximum Gasteiger partial charge on any atom is 0.279 e. The second-order valence-electron chi connectivity index (χ2n) is 6.78. The number of nitrogens with two attached hydrogens (primary N) is 1. The molecule has 30 heavy (non-hydrogen) atoms. The minimum atomic E-state index is -0.474. The van der Waals surface area contributed by atoms with E-state index in [9.17, 15) is 9.59 Å². The van der Waals surface area contributed by atoms with Crippen molar-refractivity contribution in [3.8, 4) is 0 Å². The summed E-state index contributed by atoms with van der Waals surface area (Å²) in [6.07, 6.45) is 3.12. The molecule has 0 atom stereocenters. The molecule has 1 aliphatic heterocycles. The summed E-state index contributed by atoms with van der Waals surface area (Å²) in [4.78, 5) is 41.6. The van der Waals surface area contributed by atoms with Gasteiger partial charge in [0.15, 0.2) is 11.5 Å². The summed E-state index contributed by atoms with van der Waals surface area (Å²) < 4.78 is 0. The predicted octanol–water partition coefficient (Wildman–Crippen LogP) is 1.67. The van der Waals surface area contributed by atoms with E-state index < -0.39 is 5.91 Å². The molecular formula is C21H21N7O2. The Morgan fingerprint density at radius 1 is 0.933 bits per heavy atom. The number of carbonyl (C=O) groups is 2. The standard InChI is InChI=1S/C21H21N7O2/c22-19-18(20(29)25-16-8-4-5-9-23-16)26-17(14-24-19)27-10-12-28(13-11-27)21(30)15-6-2-1-3-7-15/h1-9,14H,10-13H2,(H2,22,24)(H,23,25,29). The van der Waals surface area contributed by atoms with Crippen LogP contribution in [0.2, 0.25) is 0 Å². The highest BCUT2D eigenvalue weighted by Crippen LogP contribution is 2.18. The van der Waals surface area contributed by atoms with Gasteiger partial charge in [0.1, 0.15) is 11.6 Å². The molecular weight excluding hydrogens is 382 g/mol. The largest absolute Gasteiger partial charge is 0.382 e. The fraction of sp³-hybridized carbons (Fsp3) is 0.190. The van der Waals surface area contributed by atoms with Crippen molar-refractivity contribution in [1.29, 1.82) is 0 Å². The van der Waals surface area contributed by atoms with Gasteiger partial charge < -0.3 is 20.9 Å². The van der Waals surface area contributed by atoms with Crippen LogP contribution in [0.25, 0.3) is 0 Å². The summed E-state index contributed by atoms with van der Waals surface area (Å²) in [5.41, 5.74) is 6.59. The van der Waals surface area contributed by atoms with Gasteiger partial charge >= 0.3 is 0 Å². The van der Waals surface area contributed by atoms with Crippen LogP contribution in [-0.2, 0) is 0 Å². The van der Waals surface area contributed by atoms with E-state index in [1.165, 1.54) is 0 Å². The van der Waals surface area contributed by atoms with Gasteiger partial charge in [0, 0.05) is 37.9 Å². The van der Waals surface area contributed by atoms with Gasteiger partial charge in [-0.3, -0.25) is 9.59 Å². The Morgan fingerprint density at radius 3 is 2.37 bits per heavy atom. The predicted molar refractivity (Wildman–Crippen MR) is 113 cm³/mol. The number of pyridine rings is 1. The number of amides is 2. The lowest BCUT2D eigenvalue weighted by molar-refractivity contribution is 0.0746. The highest BCUT2D eigenvalue weighted by Gasteiger charge is 2.24. The van der Waals surface area contributed by atoms with Crippen molar-refractivity contribution in [2.24, 2.45) is 0 Å². The molecule has 1 fully saturated rings. The number of nitrogens with one attached hydrogen (secondary N) is 1. The van der Waals surface area contributed by atoms with E-state index in [2.05, 4.69) is 20.3 Å². The molecule has 2 aromatic heterocycles. The molecule has 9 heteroatoms. The summed E-state index contributed by atoms with van der Waals surface area (Å²) in [5.74, 6) is 0.530. The molecule has 152 valence electrons. The molecule has 4 rings (SSSR count). The van der Waals surface area contributed by atoms with Gasteiger partial charge in [-0.2, -0.15) is 0 Å². The Balaban J connectivity index is 1.43. The summed E-state index contributed by atoms with van der Waals surface area (Å²) in [5, 5.41) is 2.67. The summed E-state index contributed by atoms with van der Waals surface area (Å²) in [7, 11) is 0. The van der Waals surface area contributed by atoms with Crippen LogP contribution in [0, 0.1) is 0 Å². The molecule has 0 saturated carbocycles. The average Bonchev–Trinajstić information content (AvgIpc) is 2.80. The first-order chi connectivity index (χ1) is 14.6. The number of hydrogen-bond donors (Lipinski definition) is 2. The second kappa shape index (κ2) is 8.56. The van der Waals surface area contributed by atoms with Gasteiger partial charge in [-0.05, 0) is 24.3 Å². The number of nitrogens with zero attached hydrogens (tertiary/aromatic N) is 5. The fourth-order valence-corrected chi connectivity index (χ4v) is 3.22. The van der Waals surface area contributed by atoms with Crippen LogP contribution in [-0.4, -0.2) is 57.8 Å². The maximum absolute atomic E-state index is 12.6. The van der Waals surface area contributed by atoms with Gasteiger partial charge in [-0.25, -0.2) is 15.0 Å². The van der Waals surface area contributed by atoms with Crippen LogP contribution in [0.3, 0.4) is 0 Å². The van der Waals surface area contributed by atoms with Gasteiger partial charge in [-0.15, -0.1) is 0 Å². The number of aromatic nitrogens is 3. The van der Waals surface area contributed by atoms with Gasteiger partial charge in [0.25, 0.3) is 11.8 Å². The smallest absolute Gasteiger partial charge is 0.279 e. The highest BCUT2D eigenvalue weighted by molar-refractivity contribution is 6.05. The lowest BCUT2D eigenvalue weighted by Crippen LogP contribution is -2.49. The van der Waals surface area contributed by atoms with Crippen LogP contribution in [0.1, 0.15) is 20.8 Å². The summed E-state index contributed by atoms with van der Waals surface area (Å²) >= 11 is 0. The van der Waals surface area contributed by atoms with Crippen molar-refractivity contribution in [1.82, 2.24) is 19.9 Å². The third-order valence-corrected chi connectivity index (χ3v) is 4.82. The highest BCUT2D eigenvalue weighted by atomic mass is 16.2. The number of carbonyl (C=O) groups excluding carboxylic acids is 2. The molecule has 3 N–H and O–H groups in total. The second-order valence-corrected chi connectivity index (χ2v) is 6.78. The van der Waals surface area contributed by atoms with Gasteiger partial charge in [0.05, 0.1) is 6.20 Å². The van der Waals surface area contributed by atoms with Crippen LogP contribution in [0.5, 0.6) is 0 Å². The Hall–Kier alpha value is -4.01. The average molecular weight is 403 g/mol. The molecule has 9 nitrogen and oxygen atoms in total. The van der Waals surface area contributed by atoms with E-state index in [-0.39, 0.29) is 17.4 Å². The molecule has 0 spiro atoms. The lowest BCUT2D eigenvalue weighted by atomic mass is 10.2. The van der Waals surface area contributed by atoms with Crippen molar-refractivity contribution in [2.45, 2.75) is 0 Å². The Bertz CT molecular complexity index is 1040. The lowest BCUT2D eigenvalue weighted by Gasteiger charge is -2.35. The molecule has 1 aliphatic rings. The van der Waals surface area contributed by atoms with Gasteiger partial charge in [0.2, 0.25) is 0 Å². The zero-order valence-corrected chi connectivity index (χ0v) is 16.2. The van der Waals surface area contributed by atoms with E-state index in [0.29, 0.717) is 43.4 Å². The molecule has 1 saturated heterocycles. The third kappa shape index (κ3) is 4.19. The zero-order valence-electron chi connectivity index (χ0n) is 16.2. The van der Waals surface area contributed by atoms with E-state index in [4.69, 9.17) is 5.73 Å². The Kier molecular flexibility index (Phi) is 5.51. The number of nitrogen functional groups attached to an aromatic ring is 1. The van der Waals surface area contributed by atoms with Crippen molar-refractivity contribution < 1.29 is 9.59 Å². The molecule has 2 amide bonds. The van der Waals surface area contributed by atoms with Gasteiger partial charge in [-0.1, -0.05) is 24.3 Å². The normalized spacial score (nSPS) is 13.7. The minimum absolute atomic E-state index is 0.00840. The molecule has 0 aliphatic carbocycles. The molecule has 1 aromatic carbocycles. The Morgan fingerprint density at radius 2 is 1.67 bits per heavy atom. The number of anilines is 3. The first-order valence-electron chi connectivity index (χ1n) is 9.56. The Labute approximate surface area is 173 Å². The molecule has 3 heterocycles. The van der Waals surface area contributed by atoms with E-state index in [1.807, 2.05) is 40.1 Å². The van der Waals surface area contributed by atoms with Crippen molar-refractivity contribution in [3.05, 3.63) is 72.2 Å². The fourth-order valence-electron chi connectivity index (χ4n) is 3.22. The van der Waals surface area contributed by atoms with Crippen LogP contribution < -0.4 is 16.0 Å². The third-order valence-electron chi connectivity index (χ3n) is 4.82. The molecule has 3 aromatic rings. The quantitative estimate of drug-likeness (QED) is 0.680. The molecule has 0 bridgehead atoms. The number of hydrogen-bond acceptors (Lipinski definition) is 7. The van der Waals surface area contributed by atoms with Crippen molar-refractivity contribution in [3.63, 3.8) is 0 Å². The van der Waals surface area contributed by atoms with E-state index >= 15 is 0 Å². The summed E-state index contributed by atoms with van der Waals surface area (Å²) in [6.45, 7) is 2.27. The topological polar surface area (TPSA) is 117 Å². The van der Waals surface area contributed by atoms with Crippen LogP contribution in [0.4, 0.5) is 17.5 Å². The van der Waals surface area contributed by atoms with Crippen LogP contribution in [0.15, 0.2) is 60.9 Å². The van der Waals surface area contributed by atoms with E-state index in [1.54, 1.807) is 30.6 Å². The van der Waals surface area contributed by atoms with Crippen LogP contribution >= 0.6 is 0 Å². The molecule has 0 unspecified atom stereocenters. The number of rotatable bonds is 4. The number of benzene rings is 1. The van der Waals surface area contributed by atoms with Crippen molar-refractivity contribution >= 4 is 29.3 Å². The van der Waals surface area contributed by atoms with Crippen molar-refractivity contribution in [2.75, 3.05) is 42.1 Å². The SMILES string of the molecule is Nc1ncc(N2CCN(C(=O)c3ccccc3)CC2)nc1C(=O)Nc1ccccn1. The zero-order chi connectivity index (χ0) is 20.9. The molecule has 0 radical (unpaired) electrons. The summed E-state index contributed by atoms with van der Waals surface area (Å²) in [6, 6.07) is 14.4. The number of piperazine rings is 1. The minimum Gasteiger partial charge on any atom is -0.382 e. The first-order valence-corrected chi connectivity index (χ1v) is 9.56. The van der Waals surface area contributed by atoms with E-state index in [0.717, 1.165) is 0 Å². The monoisotopic (exact) mass is 403 g/mol.